The van der Waals surface area contributed by atoms with Gasteiger partial charge in [-0.25, -0.2) is 4.68 Å². The van der Waals surface area contributed by atoms with Gasteiger partial charge in [-0.1, -0.05) is 12.1 Å². The van der Waals surface area contributed by atoms with Crippen molar-refractivity contribution < 1.29 is 13.2 Å². The van der Waals surface area contributed by atoms with E-state index in [0.29, 0.717) is 17.3 Å². The number of aryl methyl sites for hydroxylation is 1. The molecule has 1 fully saturated rings. The van der Waals surface area contributed by atoms with E-state index in [-0.39, 0.29) is 0 Å². The van der Waals surface area contributed by atoms with Gasteiger partial charge in [-0.15, -0.1) is 0 Å². The van der Waals surface area contributed by atoms with Gasteiger partial charge in [0.15, 0.2) is 5.69 Å². The Kier molecular flexibility index (Phi) is 3.05. The Morgan fingerprint density at radius 3 is 2.30 bits per heavy atom. The summed E-state index contributed by atoms with van der Waals surface area (Å²) in [5.41, 5.74) is 1.46. The third-order valence-electron chi connectivity index (χ3n) is 3.57. The Labute approximate surface area is 114 Å². The first kappa shape index (κ1) is 13.2. The van der Waals surface area contributed by atoms with Crippen molar-refractivity contribution in [3.8, 4) is 5.69 Å². The molecule has 0 radical (unpaired) electrons. The van der Waals surface area contributed by atoms with Crippen molar-refractivity contribution in [1.82, 2.24) is 15.1 Å². The van der Waals surface area contributed by atoms with Crippen molar-refractivity contribution in [3.63, 3.8) is 0 Å². The molecular weight excluding hydrogens is 267 g/mol. The first-order chi connectivity index (χ1) is 9.45. The molecule has 0 saturated carbocycles. The summed E-state index contributed by atoms with van der Waals surface area (Å²) >= 11 is 0. The number of rotatable bonds is 2. The van der Waals surface area contributed by atoms with Gasteiger partial charge in [0.2, 0.25) is 0 Å². The molecule has 1 aliphatic heterocycles. The Morgan fingerprint density at radius 1 is 1.20 bits per heavy atom. The molecule has 106 valence electrons. The molecular formula is C14H14F3N3. The second kappa shape index (κ2) is 4.63. The third kappa shape index (κ3) is 2.31. The molecule has 0 unspecified atom stereocenters. The maximum atomic E-state index is 12.6. The van der Waals surface area contributed by atoms with Crippen LogP contribution in [0.25, 0.3) is 5.69 Å². The summed E-state index contributed by atoms with van der Waals surface area (Å²) < 4.78 is 39.2. The molecule has 20 heavy (non-hydrogen) atoms. The van der Waals surface area contributed by atoms with Crippen molar-refractivity contribution in [1.29, 1.82) is 0 Å². The quantitative estimate of drug-likeness (QED) is 0.917. The van der Waals surface area contributed by atoms with Crippen LogP contribution in [0, 0.1) is 6.92 Å². The molecule has 0 atom stereocenters. The molecule has 0 aliphatic carbocycles. The van der Waals surface area contributed by atoms with Gasteiger partial charge in [0.25, 0.3) is 0 Å². The van der Waals surface area contributed by atoms with Crippen molar-refractivity contribution >= 4 is 0 Å². The van der Waals surface area contributed by atoms with Gasteiger partial charge < -0.3 is 5.32 Å². The summed E-state index contributed by atoms with van der Waals surface area (Å²) in [7, 11) is 0. The number of hydrogen-bond acceptors (Lipinski definition) is 2. The van der Waals surface area contributed by atoms with E-state index in [0.717, 1.165) is 19.2 Å². The second-order valence-electron chi connectivity index (χ2n) is 5.03. The molecule has 1 aliphatic rings. The van der Waals surface area contributed by atoms with Crippen molar-refractivity contribution in [2.75, 3.05) is 13.1 Å². The van der Waals surface area contributed by atoms with Crippen LogP contribution in [0.15, 0.2) is 30.3 Å². The van der Waals surface area contributed by atoms with Crippen molar-refractivity contribution in [2.45, 2.75) is 19.0 Å². The number of hydrogen-bond donors (Lipinski definition) is 1. The van der Waals surface area contributed by atoms with Crippen LogP contribution in [0.4, 0.5) is 13.2 Å². The van der Waals surface area contributed by atoms with Crippen LogP contribution in [0.1, 0.15) is 22.9 Å². The highest BCUT2D eigenvalue weighted by Crippen LogP contribution is 2.29. The lowest BCUT2D eigenvalue weighted by atomic mass is 9.94. The van der Waals surface area contributed by atoms with Crippen LogP contribution in [0.3, 0.4) is 0 Å². The van der Waals surface area contributed by atoms with E-state index in [2.05, 4.69) is 10.4 Å². The molecule has 3 nitrogen and oxygen atoms in total. The largest absolute Gasteiger partial charge is 0.435 e. The second-order valence-corrected chi connectivity index (χ2v) is 5.03. The number of nitrogens with one attached hydrogen (secondary N) is 1. The third-order valence-corrected chi connectivity index (χ3v) is 3.57. The van der Waals surface area contributed by atoms with Crippen molar-refractivity contribution in [2.24, 2.45) is 0 Å². The monoisotopic (exact) mass is 281 g/mol. The number of alkyl halides is 3. The average molecular weight is 281 g/mol. The van der Waals surface area contributed by atoms with Gasteiger partial charge >= 0.3 is 6.18 Å². The zero-order chi connectivity index (χ0) is 14.3. The molecule has 2 heterocycles. The summed E-state index contributed by atoms with van der Waals surface area (Å²) in [5, 5.41) is 6.83. The lowest BCUT2D eigenvalue weighted by Gasteiger charge is -2.27. The highest BCUT2D eigenvalue weighted by molar-refractivity contribution is 5.38. The van der Waals surface area contributed by atoms with Crippen LogP contribution in [-0.4, -0.2) is 22.9 Å². The van der Waals surface area contributed by atoms with E-state index in [1.807, 2.05) is 24.3 Å². The van der Waals surface area contributed by atoms with Crippen LogP contribution < -0.4 is 5.32 Å². The zero-order valence-corrected chi connectivity index (χ0v) is 10.9. The fourth-order valence-electron chi connectivity index (χ4n) is 2.29. The molecule has 3 rings (SSSR count). The van der Waals surface area contributed by atoms with E-state index < -0.39 is 11.9 Å². The Bertz CT molecular complexity index is 610. The first-order valence-electron chi connectivity index (χ1n) is 6.40. The molecule has 1 N–H and O–H groups in total. The summed E-state index contributed by atoms with van der Waals surface area (Å²) in [6.45, 7) is 3.53. The van der Waals surface area contributed by atoms with Crippen LogP contribution in [0.2, 0.25) is 0 Å². The minimum atomic E-state index is -4.41. The molecule has 0 bridgehead atoms. The normalized spacial score (nSPS) is 16.2. The molecule has 2 aromatic rings. The number of aromatic nitrogens is 2. The standard InChI is InChI=1S/C14H14F3N3/c1-9-6-13(14(15,16)17)19-20(9)12-4-2-10(3-5-12)11-7-18-8-11/h2-6,11,18H,7-8H2,1H3. The Balaban J connectivity index is 1.90. The number of benzene rings is 1. The lowest BCUT2D eigenvalue weighted by Crippen LogP contribution is -2.39. The highest BCUT2D eigenvalue weighted by Gasteiger charge is 2.34. The predicted molar refractivity (Wildman–Crippen MR) is 68.9 cm³/mol. The highest BCUT2D eigenvalue weighted by atomic mass is 19.4. The van der Waals surface area contributed by atoms with Crippen LogP contribution in [0.5, 0.6) is 0 Å². The zero-order valence-electron chi connectivity index (χ0n) is 10.9. The summed E-state index contributed by atoms with van der Waals surface area (Å²) in [6.07, 6.45) is -4.41. The van der Waals surface area contributed by atoms with Gasteiger partial charge in [0, 0.05) is 24.7 Å². The van der Waals surface area contributed by atoms with Crippen LogP contribution >= 0.6 is 0 Å². The van der Waals surface area contributed by atoms with Crippen molar-refractivity contribution in [3.05, 3.63) is 47.3 Å². The topological polar surface area (TPSA) is 29.9 Å². The number of nitrogens with zero attached hydrogens (tertiary/aromatic N) is 2. The maximum Gasteiger partial charge on any atom is 0.435 e. The Hall–Kier alpha value is -1.82. The van der Waals surface area contributed by atoms with Crippen LogP contribution in [-0.2, 0) is 6.18 Å². The molecule has 6 heteroatoms. The molecule has 0 spiro atoms. The van der Waals surface area contributed by atoms with E-state index in [1.54, 1.807) is 6.92 Å². The smallest absolute Gasteiger partial charge is 0.315 e. The Morgan fingerprint density at radius 2 is 1.85 bits per heavy atom. The fraction of sp³-hybridized carbons (Fsp3) is 0.357. The summed E-state index contributed by atoms with van der Waals surface area (Å²) in [6, 6.07) is 8.59. The molecule has 1 aromatic heterocycles. The molecule has 1 aromatic carbocycles. The minimum absolute atomic E-state index is 0.468. The fourth-order valence-corrected chi connectivity index (χ4v) is 2.29. The number of halogens is 3. The van der Waals surface area contributed by atoms with E-state index >= 15 is 0 Å². The maximum absolute atomic E-state index is 12.6. The lowest BCUT2D eigenvalue weighted by molar-refractivity contribution is -0.141. The van der Waals surface area contributed by atoms with E-state index in [9.17, 15) is 13.2 Å². The predicted octanol–water partition coefficient (Wildman–Crippen LogP) is 2.89. The van der Waals surface area contributed by atoms with Gasteiger partial charge in [-0.2, -0.15) is 18.3 Å². The molecule has 0 amide bonds. The minimum Gasteiger partial charge on any atom is -0.315 e. The summed E-state index contributed by atoms with van der Waals surface area (Å²) in [5.74, 6) is 0.508. The first-order valence-corrected chi connectivity index (χ1v) is 6.40. The average Bonchev–Trinajstić information content (AvgIpc) is 2.70. The van der Waals surface area contributed by atoms with Gasteiger partial charge in [0.1, 0.15) is 0 Å². The van der Waals surface area contributed by atoms with Gasteiger partial charge in [-0.3, -0.25) is 0 Å². The van der Waals surface area contributed by atoms with Gasteiger partial charge in [-0.05, 0) is 30.7 Å². The molecule has 1 saturated heterocycles. The summed E-state index contributed by atoms with van der Waals surface area (Å²) in [4.78, 5) is 0. The van der Waals surface area contributed by atoms with E-state index in [4.69, 9.17) is 0 Å². The van der Waals surface area contributed by atoms with E-state index in [1.165, 1.54) is 10.2 Å². The van der Waals surface area contributed by atoms with Gasteiger partial charge in [0.05, 0.1) is 5.69 Å². The SMILES string of the molecule is Cc1cc(C(F)(F)F)nn1-c1ccc(C2CNC2)cc1.